The van der Waals surface area contributed by atoms with E-state index in [4.69, 9.17) is 14.2 Å². The lowest BCUT2D eigenvalue weighted by Gasteiger charge is -2.39. The van der Waals surface area contributed by atoms with Crippen LogP contribution in [0.15, 0.2) is 30.3 Å². The first-order chi connectivity index (χ1) is 13.8. The van der Waals surface area contributed by atoms with Crippen LogP contribution in [0.3, 0.4) is 0 Å². The Labute approximate surface area is 174 Å². The standard InChI is InChI=1S/C21H28O7S/c1-11(2)16-9-14(17(29-16)8-12-4-6-13(26-3)7-5-12)27-21-20(25)19(24)18(23)15(10-22)28-21/h4-7,9,11,15,18-25H,8,10H2,1-3H3. The molecule has 1 aliphatic rings. The Morgan fingerprint density at radius 3 is 2.34 bits per heavy atom. The van der Waals surface area contributed by atoms with Crippen LogP contribution in [0.4, 0.5) is 0 Å². The molecule has 8 heteroatoms. The first kappa shape index (κ1) is 22.0. The number of methoxy groups -OCH3 is 1. The highest BCUT2D eigenvalue weighted by molar-refractivity contribution is 7.12. The van der Waals surface area contributed by atoms with Crippen LogP contribution in [0, 0.1) is 0 Å². The molecule has 160 valence electrons. The van der Waals surface area contributed by atoms with Gasteiger partial charge < -0.3 is 34.6 Å². The van der Waals surface area contributed by atoms with Crippen molar-refractivity contribution < 1.29 is 34.6 Å². The van der Waals surface area contributed by atoms with Gasteiger partial charge in [-0.1, -0.05) is 26.0 Å². The van der Waals surface area contributed by atoms with Gasteiger partial charge >= 0.3 is 0 Å². The van der Waals surface area contributed by atoms with Gasteiger partial charge in [-0.25, -0.2) is 0 Å². The van der Waals surface area contributed by atoms with E-state index in [1.807, 2.05) is 30.3 Å². The first-order valence-electron chi connectivity index (χ1n) is 9.56. The van der Waals surface area contributed by atoms with Crippen LogP contribution < -0.4 is 9.47 Å². The number of hydrogen-bond donors (Lipinski definition) is 4. The number of hydrogen-bond acceptors (Lipinski definition) is 8. The zero-order chi connectivity index (χ0) is 21.1. The molecule has 5 unspecified atom stereocenters. The van der Waals surface area contributed by atoms with Crippen molar-refractivity contribution in [3.05, 3.63) is 45.6 Å². The molecule has 1 aromatic heterocycles. The van der Waals surface area contributed by atoms with Crippen molar-refractivity contribution in [3.8, 4) is 11.5 Å². The number of thiophene rings is 1. The van der Waals surface area contributed by atoms with Gasteiger partial charge in [-0.2, -0.15) is 0 Å². The predicted molar refractivity (Wildman–Crippen MR) is 109 cm³/mol. The molecule has 1 fully saturated rings. The van der Waals surface area contributed by atoms with Crippen LogP contribution in [0.5, 0.6) is 11.5 Å². The molecule has 4 N–H and O–H groups in total. The normalized spacial score (nSPS) is 27.2. The van der Waals surface area contributed by atoms with E-state index in [-0.39, 0.29) is 0 Å². The second-order valence-corrected chi connectivity index (χ2v) is 8.60. The van der Waals surface area contributed by atoms with Gasteiger partial charge in [0.25, 0.3) is 0 Å². The highest BCUT2D eigenvalue weighted by Crippen LogP contribution is 2.37. The molecule has 1 saturated heterocycles. The molecule has 0 spiro atoms. The minimum absolute atomic E-state index is 0.293. The van der Waals surface area contributed by atoms with Crippen molar-refractivity contribution in [2.24, 2.45) is 0 Å². The predicted octanol–water partition coefficient (Wildman–Crippen LogP) is 1.65. The molecule has 3 rings (SSSR count). The van der Waals surface area contributed by atoms with Crippen molar-refractivity contribution in [2.45, 2.75) is 56.9 Å². The van der Waals surface area contributed by atoms with Crippen LogP contribution in [0.2, 0.25) is 0 Å². The number of ether oxygens (including phenoxy) is 3. The van der Waals surface area contributed by atoms with E-state index in [1.54, 1.807) is 18.4 Å². The summed E-state index contributed by atoms with van der Waals surface area (Å²) in [6.45, 7) is 3.67. The number of rotatable bonds is 7. The fourth-order valence-electron chi connectivity index (χ4n) is 3.16. The van der Waals surface area contributed by atoms with Crippen molar-refractivity contribution in [1.29, 1.82) is 0 Å². The topological polar surface area (TPSA) is 109 Å². The summed E-state index contributed by atoms with van der Waals surface area (Å²) in [6, 6.07) is 9.65. The average Bonchev–Trinajstić information content (AvgIpc) is 3.11. The molecule has 29 heavy (non-hydrogen) atoms. The minimum Gasteiger partial charge on any atom is -0.497 e. The second kappa shape index (κ2) is 9.42. The lowest BCUT2D eigenvalue weighted by molar-refractivity contribution is -0.277. The van der Waals surface area contributed by atoms with E-state index < -0.39 is 37.3 Å². The Balaban J connectivity index is 1.83. The molecule has 0 bridgehead atoms. The van der Waals surface area contributed by atoms with E-state index in [1.165, 1.54) is 0 Å². The van der Waals surface area contributed by atoms with E-state index >= 15 is 0 Å². The second-order valence-electron chi connectivity index (χ2n) is 7.43. The summed E-state index contributed by atoms with van der Waals surface area (Å²) in [5.74, 6) is 1.63. The van der Waals surface area contributed by atoms with E-state index in [0.717, 1.165) is 21.1 Å². The molecular weight excluding hydrogens is 396 g/mol. The summed E-state index contributed by atoms with van der Waals surface area (Å²) in [7, 11) is 1.62. The summed E-state index contributed by atoms with van der Waals surface area (Å²) in [4.78, 5) is 2.07. The highest BCUT2D eigenvalue weighted by Gasteiger charge is 2.45. The third kappa shape index (κ3) is 4.91. The lowest BCUT2D eigenvalue weighted by atomic mass is 9.99. The molecule has 0 radical (unpaired) electrons. The Hall–Kier alpha value is -1.68. The minimum atomic E-state index is -1.47. The van der Waals surface area contributed by atoms with E-state index in [2.05, 4.69) is 13.8 Å². The zero-order valence-electron chi connectivity index (χ0n) is 16.7. The van der Waals surface area contributed by atoms with Crippen LogP contribution in [0.25, 0.3) is 0 Å². The molecule has 2 aromatic rings. The summed E-state index contributed by atoms with van der Waals surface area (Å²) >= 11 is 1.62. The smallest absolute Gasteiger partial charge is 0.229 e. The van der Waals surface area contributed by atoms with Crippen molar-refractivity contribution in [2.75, 3.05) is 13.7 Å². The van der Waals surface area contributed by atoms with Crippen molar-refractivity contribution >= 4 is 11.3 Å². The SMILES string of the molecule is COc1ccc(Cc2sc(C(C)C)cc2OC2OC(CO)C(O)C(O)C2O)cc1. The molecular formula is C21H28O7S. The van der Waals surface area contributed by atoms with Gasteiger partial charge in [0.1, 0.15) is 35.9 Å². The van der Waals surface area contributed by atoms with Crippen LogP contribution in [-0.2, 0) is 11.2 Å². The fourth-order valence-corrected chi connectivity index (χ4v) is 4.29. The molecule has 2 heterocycles. The third-order valence-corrected chi connectivity index (χ3v) is 6.39. The fraction of sp³-hybridized carbons (Fsp3) is 0.524. The van der Waals surface area contributed by atoms with Crippen molar-refractivity contribution in [1.82, 2.24) is 0 Å². The Bertz CT molecular complexity index is 787. The van der Waals surface area contributed by atoms with Gasteiger partial charge in [0.15, 0.2) is 0 Å². The van der Waals surface area contributed by atoms with Crippen molar-refractivity contribution in [3.63, 3.8) is 0 Å². The molecule has 0 saturated carbocycles. The van der Waals surface area contributed by atoms with Gasteiger partial charge in [0.2, 0.25) is 6.29 Å². The Morgan fingerprint density at radius 1 is 1.07 bits per heavy atom. The largest absolute Gasteiger partial charge is 0.497 e. The monoisotopic (exact) mass is 424 g/mol. The Morgan fingerprint density at radius 2 is 1.76 bits per heavy atom. The third-order valence-electron chi connectivity index (χ3n) is 4.97. The number of benzene rings is 1. The van der Waals surface area contributed by atoms with Crippen LogP contribution in [-0.4, -0.2) is 64.8 Å². The molecule has 0 amide bonds. The lowest BCUT2D eigenvalue weighted by Crippen LogP contribution is -2.60. The Kier molecular flexibility index (Phi) is 7.15. The quantitative estimate of drug-likeness (QED) is 0.535. The molecule has 7 nitrogen and oxygen atoms in total. The summed E-state index contributed by atoms with van der Waals surface area (Å²) in [5.41, 5.74) is 1.07. The first-order valence-corrected chi connectivity index (χ1v) is 10.4. The van der Waals surface area contributed by atoms with Gasteiger partial charge in [-0.15, -0.1) is 11.3 Å². The van der Waals surface area contributed by atoms with E-state index in [0.29, 0.717) is 18.1 Å². The molecule has 5 atom stereocenters. The molecule has 1 aliphatic heterocycles. The summed E-state index contributed by atoms with van der Waals surface area (Å²) in [5, 5.41) is 39.6. The van der Waals surface area contributed by atoms with Crippen LogP contribution >= 0.6 is 11.3 Å². The van der Waals surface area contributed by atoms with Gasteiger partial charge in [-0.3, -0.25) is 0 Å². The van der Waals surface area contributed by atoms with Crippen LogP contribution in [0.1, 0.15) is 35.1 Å². The summed E-state index contributed by atoms with van der Waals surface area (Å²) < 4.78 is 16.6. The maximum absolute atomic E-state index is 10.3. The van der Waals surface area contributed by atoms with Gasteiger partial charge in [-0.05, 0) is 29.7 Å². The molecule has 0 aliphatic carbocycles. The van der Waals surface area contributed by atoms with Gasteiger partial charge in [0.05, 0.1) is 18.6 Å². The summed E-state index contributed by atoms with van der Waals surface area (Å²) in [6.07, 6.45) is -5.92. The number of aliphatic hydroxyl groups is 4. The molecule has 1 aromatic carbocycles. The van der Waals surface area contributed by atoms with Gasteiger partial charge in [0, 0.05) is 11.3 Å². The maximum Gasteiger partial charge on any atom is 0.229 e. The maximum atomic E-state index is 10.3. The number of aliphatic hydroxyl groups excluding tert-OH is 4. The zero-order valence-corrected chi connectivity index (χ0v) is 17.5. The highest BCUT2D eigenvalue weighted by atomic mass is 32.1. The average molecular weight is 425 g/mol. The van der Waals surface area contributed by atoms with E-state index in [9.17, 15) is 20.4 Å².